The number of carbonyl (C=O) groups is 1. The largest absolute Gasteiger partial charge is 0.438 e. The molecule has 2 aromatic carbocycles. The molecule has 4 aromatic rings. The van der Waals surface area contributed by atoms with Crippen LogP contribution in [0.2, 0.25) is 5.02 Å². The highest BCUT2D eigenvalue weighted by Gasteiger charge is 2.14. The van der Waals surface area contributed by atoms with Crippen LogP contribution in [0.1, 0.15) is 11.1 Å². The number of halogens is 1. The normalized spacial score (nSPS) is 10.5. The Morgan fingerprint density at radius 1 is 0.971 bits per heavy atom. The first-order chi connectivity index (χ1) is 16.4. The molecule has 2 aromatic heterocycles. The molecule has 0 fully saturated rings. The zero-order chi connectivity index (χ0) is 24.1. The standard InChI is InChI=1S/C24H22ClN7O2/c1-14-6-7-16(25)12-19(14)31-24(33)30-17-8-9-20(15(2)11-17)34-22-18(5-4-10-27-22)21-28-13-29-23(26-3)32-21/h4-13H,1-3H3,(H2,30,31,33)(H,26,28,29,32). The minimum absolute atomic E-state index is 0.355. The van der Waals surface area contributed by atoms with Crippen LogP contribution in [0.25, 0.3) is 11.4 Å². The summed E-state index contributed by atoms with van der Waals surface area (Å²) in [6, 6.07) is 13.9. The molecule has 3 N–H and O–H groups in total. The van der Waals surface area contributed by atoms with Crippen molar-refractivity contribution < 1.29 is 9.53 Å². The van der Waals surface area contributed by atoms with E-state index >= 15 is 0 Å². The van der Waals surface area contributed by atoms with Gasteiger partial charge in [0.1, 0.15) is 12.1 Å². The molecule has 10 heteroatoms. The van der Waals surface area contributed by atoms with Crippen LogP contribution >= 0.6 is 11.6 Å². The van der Waals surface area contributed by atoms with Crippen molar-refractivity contribution in [3.8, 4) is 23.0 Å². The van der Waals surface area contributed by atoms with E-state index in [-0.39, 0.29) is 6.03 Å². The quantitative estimate of drug-likeness (QED) is 0.328. The molecule has 0 aliphatic carbocycles. The van der Waals surface area contributed by atoms with Crippen LogP contribution in [0.5, 0.6) is 11.6 Å². The van der Waals surface area contributed by atoms with Gasteiger partial charge in [-0.2, -0.15) is 4.98 Å². The molecule has 172 valence electrons. The summed E-state index contributed by atoms with van der Waals surface area (Å²) in [5.74, 6) is 1.82. The molecule has 2 amide bonds. The minimum atomic E-state index is -0.374. The zero-order valence-corrected chi connectivity index (χ0v) is 19.5. The monoisotopic (exact) mass is 475 g/mol. The van der Waals surface area contributed by atoms with Gasteiger partial charge in [0, 0.05) is 29.6 Å². The Hall–Kier alpha value is -4.24. The van der Waals surface area contributed by atoms with Crippen LogP contribution in [0.3, 0.4) is 0 Å². The van der Waals surface area contributed by atoms with Gasteiger partial charge in [0.25, 0.3) is 0 Å². The molecule has 0 atom stereocenters. The highest BCUT2D eigenvalue weighted by molar-refractivity contribution is 6.31. The van der Waals surface area contributed by atoms with Gasteiger partial charge in [0.2, 0.25) is 11.8 Å². The predicted molar refractivity (Wildman–Crippen MR) is 133 cm³/mol. The van der Waals surface area contributed by atoms with Gasteiger partial charge < -0.3 is 20.7 Å². The molecular formula is C24H22ClN7O2. The Balaban J connectivity index is 1.50. The molecule has 0 aliphatic rings. The van der Waals surface area contributed by atoms with Crippen LogP contribution < -0.4 is 20.7 Å². The number of benzene rings is 2. The fraction of sp³-hybridized carbons (Fsp3) is 0.125. The summed E-state index contributed by atoms with van der Waals surface area (Å²) in [5.41, 5.74) is 3.59. The van der Waals surface area contributed by atoms with Crippen molar-refractivity contribution in [1.29, 1.82) is 0 Å². The van der Waals surface area contributed by atoms with Crippen LogP contribution in [-0.4, -0.2) is 33.0 Å². The molecule has 0 radical (unpaired) electrons. The molecule has 0 bridgehead atoms. The van der Waals surface area contributed by atoms with Crippen LogP contribution in [0.4, 0.5) is 22.1 Å². The Morgan fingerprint density at radius 2 is 1.82 bits per heavy atom. The summed E-state index contributed by atoms with van der Waals surface area (Å²) in [4.78, 5) is 29.4. The van der Waals surface area contributed by atoms with Gasteiger partial charge in [0.15, 0.2) is 5.82 Å². The zero-order valence-electron chi connectivity index (χ0n) is 18.8. The number of hydrogen-bond donors (Lipinski definition) is 3. The summed E-state index contributed by atoms with van der Waals surface area (Å²) in [6.07, 6.45) is 3.05. The van der Waals surface area contributed by atoms with E-state index in [9.17, 15) is 4.79 Å². The number of ether oxygens (including phenoxy) is 1. The first-order valence-electron chi connectivity index (χ1n) is 10.4. The number of nitrogens with one attached hydrogen (secondary N) is 3. The van der Waals surface area contributed by atoms with Crippen LogP contribution in [0, 0.1) is 13.8 Å². The maximum Gasteiger partial charge on any atom is 0.323 e. The number of aromatic nitrogens is 4. The summed E-state index contributed by atoms with van der Waals surface area (Å²) >= 11 is 6.03. The third-order valence-electron chi connectivity index (χ3n) is 4.89. The van der Waals surface area contributed by atoms with Crippen LogP contribution in [-0.2, 0) is 0 Å². The molecule has 0 unspecified atom stereocenters. The lowest BCUT2D eigenvalue weighted by Gasteiger charge is -2.14. The molecule has 0 saturated carbocycles. The topological polar surface area (TPSA) is 114 Å². The number of aryl methyl sites for hydroxylation is 2. The number of anilines is 3. The van der Waals surface area contributed by atoms with Crippen molar-refractivity contribution in [2.75, 3.05) is 23.0 Å². The molecule has 0 spiro atoms. The SMILES string of the molecule is CNc1ncnc(-c2cccnc2Oc2ccc(NC(=O)Nc3cc(Cl)ccc3C)cc2C)n1. The second-order valence-corrected chi connectivity index (χ2v) is 7.80. The molecule has 2 heterocycles. The Morgan fingerprint density at radius 3 is 2.62 bits per heavy atom. The van der Waals surface area contributed by atoms with E-state index in [0.29, 0.717) is 45.4 Å². The Bertz CT molecular complexity index is 1350. The van der Waals surface area contributed by atoms with Crippen molar-refractivity contribution in [3.05, 3.63) is 77.2 Å². The van der Waals surface area contributed by atoms with Gasteiger partial charge in [0.05, 0.1) is 5.56 Å². The fourth-order valence-electron chi connectivity index (χ4n) is 3.15. The second-order valence-electron chi connectivity index (χ2n) is 7.36. The summed E-state index contributed by atoms with van der Waals surface area (Å²) in [7, 11) is 1.73. The number of nitrogens with zero attached hydrogens (tertiary/aromatic N) is 4. The first kappa shape index (κ1) is 22.9. The number of urea groups is 1. The number of rotatable bonds is 6. The van der Waals surface area contributed by atoms with E-state index in [1.54, 1.807) is 43.6 Å². The molecule has 0 aliphatic heterocycles. The highest BCUT2D eigenvalue weighted by Crippen LogP contribution is 2.32. The maximum absolute atomic E-state index is 12.5. The van der Waals surface area contributed by atoms with Crippen molar-refractivity contribution in [1.82, 2.24) is 19.9 Å². The van der Waals surface area contributed by atoms with Crippen molar-refractivity contribution in [2.24, 2.45) is 0 Å². The molecule has 0 saturated heterocycles. The van der Waals surface area contributed by atoms with E-state index in [1.807, 2.05) is 32.0 Å². The smallest absolute Gasteiger partial charge is 0.323 e. The number of hydrogen-bond acceptors (Lipinski definition) is 7. The first-order valence-corrected chi connectivity index (χ1v) is 10.8. The number of carbonyl (C=O) groups excluding carboxylic acids is 1. The van der Waals surface area contributed by atoms with Gasteiger partial charge in [-0.1, -0.05) is 17.7 Å². The van der Waals surface area contributed by atoms with E-state index in [1.165, 1.54) is 6.33 Å². The van der Waals surface area contributed by atoms with Gasteiger partial charge in [-0.3, -0.25) is 0 Å². The minimum Gasteiger partial charge on any atom is -0.438 e. The Kier molecular flexibility index (Phi) is 6.84. The van der Waals surface area contributed by atoms with Gasteiger partial charge >= 0.3 is 6.03 Å². The third kappa shape index (κ3) is 5.38. The summed E-state index contributed by atoms with van der Waals surface area (Å²) in [6.45, 7) is 3.77. The second kappa shape index (κ2) is 10.1. The molecular weight excluding hydrogens is 454 g/mol. The summed E-state index contributed by atoms with van der Waals surface area (Å²) in [5, 5.41) is 9.07. The lowest BCUT2D eigenvalue weighted by molar-refractivity contribution is 0.262. The lowest BCUT2D eigenvalue weighted by atomic mass is 10.2. The van der Waals surface area contributed by atoms with Crippen molar-refractivity contribution in [3.63, 3.8) is 0 Å². The maximum atomic E-state index is 12.5. The van der Waals surface area contributed by atoms with Crippen molar-refractivity contribution in [2.45, 2.75) is 13.8 Å². The average Bonchev–Trinajstić information content (AvgIpc) is 2.83. The van der Waals surface area contributed by atoms with E-state index in [4.69, 9.17) is 16.3 Å². The van der Waals surface area contributed by atoms with E-state index in [2.05, 4.69) is 35.9 Å². The average molecular weight is 476 g/mol. The Labute approximate surface area is 201 Å². The van der Waals surface area contributed by atoms with Gasteiger partial charge in [-0.15, -0.1) is 0 Å². The van der Waals surface area contributed by atoms with Gasteiger partial charge in [-0.25, -0.2) is 19.7 Å². The lowest BCUT2D eigenvalue weighted by Crippen LogP contribution is -2.20. The molecule has 34 heavy (non-hydrogen) atoms. The van der Waals surface area contributed by atoms with Crippen LogP contribution in [0.15, 0.2) is 61.1 Å². The third-order valence-corrected chi connectivity index (χ3v) is 5.13. The van der Waals surface area contributed by atoms with E-state index in [0.717, 1.165) is 11.1 Å². The number of amides is 2. The fourth-order valence-corrected chi connectivity index (χ4v) is 3.32. The molecule has 4 rings (SSSR count). The predicted octanol–water partition coefficient (Wildman–Crippen LogP) is 5.68. The van der Waals surface area contributed by atoms with E-state index < -0.39 is 0 Å². The van der Waals surface area contributed by atoms with Crippen molar-refractivity contribution >= 4 is 35.0 Å². The molecule has 9 nitrogen and oxygen atoms in total. The number of pyridine rings is 1. The highest BCUT2D eigenvalue weighted by atomic mass is 35.5. The van der Waals surface area contributed by atoms with Gasteiger partial charge in [-0.05, 0) is 67.4 Å². The summed E-state index contributed by atoms with van der Waals surface area (Å²) < 4.78 is 6.08.